The number of rotatable bonds is 5. The smallest absolute Gasteiger partial charge is 0.290 e. The van der Waals surface area contributed by atoms with Crippen LogP contribution in [-0.4, -0.2) is 48.3 Å². The third-order valence-electron chi connectivity index (χ3n) is 8.17. The van der Waals surface area contributed by atoms with Crippen LogP contribution in [-0.2, 0) is 50.9 Å². The standard InChI is InChI=1S/C29H31N7O4/c1-33-29(39)24(30-27-14-19-17-40-12-11-36(19)32-27)15-23(31-33)20-6-4-7-25(22(20)16-37)35-10-8-26-21(28(35)38)13-18-5-2-3-9-34(18)26/h4,6-7,13-15,37H,2-3,5,8-12,16-17H2,1H3,(H,30,32). The van der Waals surface area contributed by atoms with E-state index in [1.165, 1.54) is 10.4 Å². The number of fused-ring (bicyclic) bond motifs is 4. The van der Waals surface area contributed by atoms with Gasteiger partial charge < -0.3 is 24.6 Å². The van der Waals surface area contributed by atoms with Crippen LogP contribution in [0.15, 0.2) is 41.2 Å². The summed E-state index contributed by atoms with van der Waals surface area (Å²) in [5, 5.41) is 22.8. The first-order valence-corrected chi connectivity index (χ1v) is 13.8. The van der Waals surface area contributed by atoms with Crippen LogP contribution in [0.3, 0.4) is 0 Å². The van der Waals surface area contributed by atoms with Crippen LogP contribution >= 0.6 is 0 Å². The summed E-state index contributed by atoms with van der Waals surface area (Å²) in [5.41, 5.74) is 6.50. The number of aliphatic hydroxyl groups is 1. The Morgan fingerprint density at radius 2 is 1.90 bits per heavy atom. The first-order valence-electron chi connectivity index (χ1n) is 13.8. The molecule has 11 nitrogen and oxygen atoms in total. The Hall–Kier alpha value is -4.22. The number of aromatic nitrogens is 5. The average molecular weight is 542 g/mol. The molecule has 0 radical (unpaired) electrons. The topological polar surface area (TPSA) is 119 Å². The van der Waals surface area contributed by atoms with E-state index in [0.29, 0.717) is 60.3 Å². The van der Waals surface area contributed by atoms with Crippen molar-refractivity contribution in [1.29, 1.82) is 0 Å². The monoisotopic (exact) mass is 541 g/mol. The van der Waals surface area contributed by atoms with Crippen LogP contribution in [0.5, 0.6) is 0 Å². The third kappa shape index (κ3) is 4.04. The van der Waals surface area contributed by atoms with Crippen molar-refractivity contribution in [2.24, 2.45) is 7.05 Å². The minimum Gasteiger partial charge on any atom is -0.392 e. The maximum absolute atomic E-state index is 13.7. The maximum Gasteiger partial charge on any atom is 0.290 e. The molecule has 0 saturated heterocycles. The number of aryl methyl sites for hydroxylation is 2. The molecule has 0 spiro atoms. The van der Waals surface area contributed by atoms with Gasteiger partial charge in [0.05, 0.1) is 49.0 Å². The zero-order valence-corrected chi connectivity index (χ0v) is 22.4. The fourth-order valence-corrected chi connectivity index (χ4v) is 6.21. The van der Waals surface area contributed by atoms with Crippen molar-refractivity contribution in [3.05, 3.63) is 75.0 Å². The Bertz CT molecular complexity index is 1680. The van der Waals surface area contributed by atoms with Crippen LogP contribution in [0.2, 0.25) is 0 Å². The van der Waals surface area contributed by atoms with E-state index < -0.39 is 0 Å². The summed E-state index contributed by atoms with van der Waals surface area (Å²) >= 11 is 0. The molecule has 0 aliphatic carbocycles. The first-order chi connectivity index (χ1) is 19.5. The van der Waals surface area contributed by atoms with E-state index in [9.17, 15) is 14.7 Å². The van der Waals surface area contributed by atoms with Gasteiger partial charge in [0, 0.05) is 55.1 Å². The molecule has 40 heavy (non-hydrogen) atoms. The summed E-state index contributed by atoms with van der Waals surface area (Å²) in [7, 11) is 1.59. The molecule has 0 unspecified atom stereocenters. The number of ether oxygens (including phenoxy) is 1. The van der Waals surface area contributed by atoms with Gasteiger partial charge in [0.2, 0.25) is 0 Å². The van der Waals surface area contributed by atoms with Crippen molar-refractivity contribution in [3.63, 3.8) is 0 Å². The van der Waals surface area contributed by atoms with Crippen molar-refractivity contribution in [3.8, 4) is 11.3 Å². The van der Waals surface area contributed by atoms with Gasteiger partial charge in [-0.3, -0.25) is 14.3 Å². The van der Waals surface area contributed by atoms with Crippen molar-refractivity contribution < 1.29 is 14.6 Å². The molecule has 3 aliphatic rings. The number of carbonyl (C=O) groups excluding carboxylic acids is 1. The first kappa shape index (κ1) is 24.8. The van der Waals surface area contributed by atoms with Crippen molar-refractivity contribution in [2.75, 3.05) is 23.4 Å². The molecule has 2 N–H and O–H groups in total. The van der Waals surface area contributed by atoms with E-state index in [1.54, 1.807) is 18.0 Å². The van der Waals surface area contributed by atoms with Gasteiger partial charge >= 0.3 is 0 Å². The minimum atomic E-state index is -0.302. The second-order valence-corrected chi connectivity index (χ2v) is 10.6. The van der Waals surface area contributed by atoms with Crippen molar-refractivity contribution >= 4 is 23.1 Å². The van der Waals surface area contributed by atoms with Crippen molar-refractivity contribution in [2.45, 2.75) is 52.0 Å². The third-order valence-corrected chi connectivity index (χ3v) is 8.17. The van der Waals surface area contributed by atoms with Gasteiger partial charge in [-0.15, -0.1) is 0 Å². The molecular weight excluding hydrogens is 510 g/mol. The van der Waals surface area contributed by atoms with Gasteiger partial charge in [0.1, 0.15) is 5.69 Å². The lowest BCUT2D eigenvalue weighted by Crippen LogP contribution is -2.38. The van der Waals surface area contributed by atoms with Gasteiger partial charge in [-0.2, -0.15) is 10.2 Å². The van der Waals surface area contributed by atoms with Gasteiger partial charge in [0.15, 0.2) is 5.82 Å². The summed E-state index contributed by atoms with van der Waals surface area (Å²) in [4.78, 5) is 28.5. The fourth-order valence-electron chi connectivity index (χ4n) is 6.21. The summed E-state index contributed by atoms with van der Waals surface area (Å²) < 4.78 is 11.0. The largest absolute Gasteiger partial charge is 0.392 e. The molecule has 3 aromatic heterocycles. The SMILES string of the molecule is Cn1nc(-c2cccc(N3CCc4c(cc5n4CCCC5)C3=O)c2CO)cc(Nc2cc3n(n2)CCOC3)c1=O. The molecule has 3 aliphatic heterocycles. The Kier molecular flexibility index (Phi) is 6.05. The highest BCUT2D eigenvalue weighted by Crippen LogP contribution is 2.35. The molecule has 206 valence electrons. The normalized spacial score (nSPS) is 16.4. The predicted molar refractivity (Wildman–Crippen MR) is 149 cm³/mol. The number of carbonyl (C=O) groups is 1. The molecule has 7 rings (SSSR count). The minimum absolute atomic E-state index is 0.0431. The molecular formula is C29H31N7O4. The molecule has 0 fully saturated rings. The zero-order chi connectivity index (χ0) is 27.4. The molecule has 0 atom stereocenters. The van der Waals surface area contributed by atoms with E-state index in [4.69, 9.17) is 4.74 Å². The molecule has 4 aromatic rings. The number of anilines is 3. The number of amides is 1. The summed E-state index contributed by atoms with van der Waals surface area (Å²) in [6.07, 6.45) is 4.06. The molecule has 0 bridgehead atoms. The molecule has 11 heteroatoms. The second kappa shape index (κ2) is 9.76. The molecule has 1 amide bonds. The highest BCUT2D eigenvalue weighted by Gasteiger charge is 2.32. The van der Waals surface area contributed by atoms with Crippen LogP contribution in [0.1, 0.15) is 45.8 Å². The Balaban J connectivity index is 1.25. The molecule has 6 heterocycles. The number of aliphatic hydroxyl groups excluding tert-OH is 1. The number of benzene rings is 1. The lowest BCUT2D eigenvalue weighted by molar-refractivity contribution is 0.0801. The van der Waals surface area contributed by atoms with Crippen LogP contribution in [0.4, 0.5) is 17.2 Å². The quantitative estimate of drug-likeness (QED) is 0.399. The Morgan fingerprint density at radius 3 is 2.75 bits per heavy atom. The van der Waals surface area contributed by atoms with E-state index in [1.807, 2.05) is 28.9 Å². The van der Waals surface area contributed by atoms with E-state index >= 15 is 0 Å². The number of hydrogen-bond acceptors (Lipinski definition) is 7. The van der Waals surface area contributed by atoms with Crippen LogP contribution in [0, 0.1) is 0 Å². The molecule has 0 saturated carbocycles. The van der Waals surface area contributed by atoms with Gasteiger partial charge in [-0.1, -0.05) is 12.1 Å². The Labute approximate surface area is 230 Å². The lowest BCUT2D eigenvalue weighted by Gasteiger charge is -2.30. The van der Waals surface area contributed by atoms with E-state index in [2.05, 4.69) is 26.1 Å². The van der Waals surface area contributed by atoms with Gasteiger partial charge in [-0.05, 0) is 37.5 Å². The summed E-state index contributed by atoms with van der Waals surface area (Å²) in [6, 6.07) is 11.2. The van der Waals surface area contributed by atoms with Crippen molar-refractivity contribution in [1.82, 2.24) is 24.1 Å². The van der Waals surface area contributed by atoms with Gasteiger partial charge in [0.25, 0.3) is 11.5 Å². The predicted octanol–water partition coefficient (Wildman–Crippen LogP) is 2.75. The average Bonchev–Trinajstić information content (AvgIpc) is 3.56. The fraction of sp³-hybridized carbons (Fsp3) is 0.379. The highest BCUT2D eigenvalue weighted by atomic mass is 16.5. The molecule has 1 aromatic carbocycles. The zero-order valence-electron chi connectivity index (χ0n) is 22.4. The summed E-state index contributed by atoms with van der Waals surface area (Å²) in [5.74, 6) is 0.509. The van der Waals surface area contributed by atoms with Crippen LogP contribution < -0.4 is 15.8 Å². The summed E-state index contributed by atoms with van der Waals surface area (Å²) in [6.45, 7) is 2.96. The second-order valence-electron chi connectivity index (χ2n) is 10.6. The maximum atomic E-state index is 13.7. The number of nitrogens with zero attached hydrogens (tertiary/aromatic N) is 6. The number of nitrogens with one attached hydrogen (secondary N) is 1. The Morgan fingerprint density at radius 1 is 1.00 bits per heavy atom. The number of hydrogen-bond donors (Lipinski definition) is 2. The van der Waals surface area contributed by atoms with Gasteiger partial charge in [-0.25, -0.2) is 4.68 Å². The highest BCUT2D eigenvalue weighted by molar-refractivity contribution is 6.09. The van der Waals surface area contributed by atoms with E-state index in [0.717, 1.165) is 49.2 Å². The van der Waals surface area contributed by atoms with Crippen LogP contribution in [0.25, 0.3) is 11.3 Å². The lowest BCUT2D eigenvalue weighted by atomic mass is 9.99. The van der Waals surface area contributed by atoms with E-state index in [-0.39, 0.29) is 18.1 Å².